The topological polar surface area (TPSA) is 38.8 Å². The fourth-order valence-corrected chi connectivity index (χ4v) is 3.69. The average molecular weight is 355 g/mol. The minimum absolute atomic E-state index is 0.166. The van der Waals surface area contributed by atoms with Crippen LogP contribution in [0.4, 0.5) is 0 Å². The summed E-state index contributed by atoms with van der Waals surface area (Å²) >= 11 is 0. The summed E-state index contributed by atoms with van der Waals surface area (Å²) < 4.78 is 12.2. The molecule has 2 aliphatic rings. The van der Waals surface area contributed by atoms with Crippen molar-refractivity contribution in [3.05, 3.63) is 47.6 Å². The SMILES string of the molecule is C/C=C\C(=C/CC)COc1ccc2c(c1)C(=O)CC1(CCN(C)CC1)O2. The molecule has 0 unspecified atom stereocenters. The van der Waals surface area contributed by atoms with Crippen molar-refractivity contribution in [2.75, 3.05) is 26.7 Å². The van der Waals surface area contributed by atoms with E-state index < -0.39 is 0 Å². The molecule has 0 bridgehead atoms. The number of Topliss-reactive ketones (excluding diaryl/α,β-unsaturated/α-hetero) is 1. The van der Waals surface area contributed by atoms with E-state index in [1.807, 2.05) is 31.2 Å². The van der Waals surface area contributed by atoms with Gasteiger partial charge in [0.15, 0.2) is 5.78 Å². The summed E-state index contributed by atoms with van der Waals surface area (Å²) in [6, 6.07) is 5.62. The fourth-order valence-electron chi connectivity index (χ4n) is 3.69. The predicted octanol–water partition coefficient (Wildman–Crippen LogP) is 4.41. The van der Waals surface area contributed by atoms with Crippen LogP contribution < -0.4 is 9.47 Å². The van der Waals surface area contributed by atoms with Gasteiger partial charge in [0.25, 0.3) is 0 Å². The van der Waals surface area contributed by atoms with Crippen molar-refractivity contribution >= 4 is 5.78 Å². The van der Waals surface area contributed by atoms with Crippen LogP contribution in [0.5, 0.6) is 11.5 Å². The second-order valence-electron chi connectivity index (χ2n) is 7.32. The van der Waals surface area contributed by atoms with E-state index in [-0.39, 0.29) is 11.4 Å². The Labute approximate surface area is 156 Å². The monoisotopic (exact) mass is 355 g/mol. The van der Waals surface area contributed by atoms with Gasteiger partial charge >= 0.3 is 0 Å². The Morgan fingerprint density at radius 3 is 2.81 bits per heavy atom. The second kappa shape index (κ2) is 8.09. The van der Waals surface area contributed by atoms with Crippen molar-refractivity contribution in [1.82, 2.24) is 4.90 Å². The number of ketones is 1. The third-order valence-electron chi connectivity index (χ3n) is 5.21. The lowest BCUT2D eigenvalue weighted by molar-refractivity contribution is -0.00374. The van der Waals surface area contributed by atoms with E-state index in [2.05, 4.69) is 31.0 Å². The quantitative estimate of drug-likeness (QED) is 0.734. The lowest BCUT2D eigenvalue weighted by Gasteiger charge is -2.43. The van der Waals surface area contributed by atoms with Crippen LogP contribution in [0.25, 0.3) is 0 Å². The van der Waals surface area contributed by atoms with Gasteiger partial charge in [0.05, 0.1) is 12.0 Å². The normalized spacial score (nSPS) is 20.3. The van der Waals surface area contributed by atoms with Crippen molar-refractivity contribution < 1.29 is 14.3 Å². The largest absolute Gasteiger partial charge is 0.489 e. The summed E-state index contributed by atoms with van der Waals surface area (Å²) in [7, 11) is 2.12. The number of hydrogen-bond acceptors (Lipinski definition) is 4. The van der Waals surface area contributed by atoms with Crippen molar-refractivity contribution in [1.29, 1.82) is 0 Å². The van der Waals surface area contributed by atoms with Gasteiger partial charge in [-0.2, -0.15) is 0 Å². The number of rotatable bonds is 5. The Balaban J connectivity index is 1.72. The molecular formula is C22H29NO3. The number of piperidine rings is 1. The number of likely N-dealkylation sites (tertiary alicyclic amines) is 1. The molecule has 1 aromatic carbocycles. The van der Waals surface area contributed by atoms with Crippen LogP contribution in [-0.2, 0) is 0 Å². The molecule has 1 spiro atoms. The molecule has 2 aliphatic heterocycles. The number of ether oxygens (including phenoxy) is 2. The molecule has 140 valence electrons. The standard InChI is InChI=1S/C22H29NO3/c1-4-6-17(7-5-2)16-25-18-8-9-21-19(14-18)20(24)15-22(26-21)10-12-23(3)13-11-22/h4,6-9,14H,5,10-13,15-16H2,1-3H3/b6-4-,17-7+. The van der Waals surface area contributed by atoms with Gasteiger partial charge in [-0.25, -0.2) is 0 Å². The van der Waals surface area contributed by atoms with Crippen LogP contribution in [0.2, 0.25) is 0 Å². The van der Waals surface area contributed by atoms with Gasteiger partial charge in [-0.15, -0.1) is 0 Å². The molecule has 0 saturated carbocycles. The summed E-state index contributed by atoms with van der Waals surface area (Å²) in [6.45, 7) is 6.55. The number of benzene rings is 1. The molecule has 0 N–H and O–H groups in total. The Kier molecular flexibility index (Phi) is 5.82. The Bertz CT molecular complexity index is 712. The highest BCUT2D eigenvalue weighted by Gasteiger charge is 2.42. The van der Waals surface area contributed by atoms with Gasteiger partial charge in [0, 0.05) is 25.9 Å². The molecule has 26 heavy (non-hydrogen) atoms. The molecule has 2 heterocycles. The summed E-state index contributed by atoms with van der Waals surface area (Å²) in [5.41, 5.74) is 1.47. The van der Waals surface area contributed by atoms with Gasteiger partial charge in [0.2, 0.25) is 0 Å². The van der Waals surface area contributed by atoms with Crippen LogP contribution in [0, 0.1) is 0 Å². The minimum Gasteiger partial charge on any atom is -0.489 e. The number of fused-ring (bicyclic) bond motifs is 1. The molecule has 0 amide bonds. The van der Waals surface area contributed by atoms with Gasteiger partial charge < -0.3 is 14.4 Å². The van der Waals surface area contributed by atoms with E-state index in [1.165, 1.54) is 0 Å². The fraction of sp³-hybridized carbons (Fsp3) is 0.500. The van der Waals surface area contributed by atoms with Crippen molar-refractivity contribution in [2.45, 2.75) is 45.1 Å². The maximum Gasteiger partial charge on any atom is 0.170 e. The third kappa shape index (κ3) is 4.18. The Morgan fingerprint density at radius 1 is 1.35 bits per heavy atom. The van der Waals surface area contributed by atoms with E-state index >= 15 is 0 Å². The van der Waals surface area contributed by atoms with Gasteiger partial charge in [-0.1, -0.05) is 25.2 Å². The van der Waals surface area contributed by atoms with E-state index in [0.717, 1.165) is 37.9 Å². The molecule has 1 saturated heterocycles. The molecule has 3 rings (SSSR count). The van der Waals surface area contributed by atoms with Crippen LogP contribution in [0.15, 0.2) is 42.0 Å². The second-order valence-corrected chi connectivity index (χ2v) is 7.32. The van der Waals surface area contributed by atoms with E-state index in [1.54, 1.807) is 0 Å². The van der Waals surface area contributed by atoms with Crippen LogP contribution in [-0.4, -0.2) is 43.0 Å². The van der Waals surface area contributed by atoms with Crippen LogP contribution in [0.3, 0.4) is 0 Å². The molecule has 0 aromatic heterocycles. The first-order valence-corrected chi connectivity index (χ1v) is 9.54. The Hall–Kier alpha value is -2.07. The van der Waals surface area contributed by atoms with Gasteiger partial charge in [0.1, 0.15) is 23.7 Å². The summed E-state index contributed by atoms with van der Waals surface area (Å²) in [4.78, 5) is 15.1. The highest BCUT2D eigenvalue weighted by atomic mass is 16.5. The first kappa shape index (κ1) is 18.7. The minimum atomic E-state index is -0.318. The smallest absolute Gasteiger partial charge is 0.170 e. The summed E-state index contributed by atoms with van der Waals surface area (Å²) in [5, 5.41) is 0. The molecule has 1 aromatic rings. The van der Waals surface area contributed by atoms with Gasteiger partial charge in [-0.05, 0) is 44.2 Å². The maximum atomic E-state index is 12.8. The molecular weight excluding hydrogens is 326 g/mol. The van der Waals surface area contributed by atoms with Crippen molar-refractivity contribution in [3.8, 4) is 11.5 Å². The van der Waals surface area contributed by atoms with E-state index in [0.29, 0.717) is 30.1 Å². The third-order valence-corrected chi connectivity index (χ3v) is 5.21. The number of carbonyl (C=O) groups is 1. The average Bonchev–Trinajstić information content (AvgIpc) is 2.63. The van der Waals surface area contributed by atoms with E-state index in [9.17, 15) is 4.79 Å². The molecule has 4 heteroatoms. The zero-order valence-corrected chi connectivity index (χ0v) is 16.1. The zero-order valence-electron chi connectivity index (χ0n) is 16.1. The lowest BCUT2D eigenvalue weighted by atomic mass is 9.82. The zero-order chi connectivity index (χ0) is 18.6. The number of nitrogens with zero attached hydrogens (tertiary/aromatic N) is 1. The van der Waals surface area contributed by atoms with Gasteiger partial charge in [-0.3, -0.25) is 4.79 Å². The van der Waals surface area contributed by atoms with Crippen LogP contribution >= 0.6 is 0 Å². The summed E-state index contributed by atoms with van der Waals surface area (Å²) in [6.07, 6.45) is 9.46. The maximum absolute atomic E-state index is 12.8. The highest BCUT2D eigenvalue weighted by Crippen LogP contribution is 2.40. The summed E-state index contributed by atoms with van der Waals surface area (Å²) in [5.74, 6) is 1.58. The lowest BCUT2D eigenvalue weighted by Crippen LogP contribution is -2.50. The molecule has 0 atom stereocenters. The first-order chi connectivity index (χ1) is 12.5. The van der Waals surface area contributed by atoms with Crippen LogP contribution in [0.1, 0.15) is 49.9 Å². The number of carbonyl (C=O) groups excluding carboxylic acids is 1. The molecule has 1 fully saturated rings. The van der Waals surface area contributed by atoms with Crippen molar-refractivity contribution in [3.63, 3.8) is 0 Å². The highest BCUT2D eigenvalue weighted by molar-refractivity contribution is 6.00. The molecule has 0 radical (unpaired) electrons. The predicted molar refractivity (Wildman–Crippen MR) is 104 cm³/mol. The Morgan fingerprint density at radius 2 is 2.12 bits per heavy atom. The van der Waals surface area contributed by atoms with Crippen molar-refractivity contribution in [2.24, 2.45) is 0 Å². The van der Waals surface area contributed by atoms with E-state index in [4.69, 9.17) is 9.47 Å². The number of allylic oxidation sites excluding steroid dienone is 2. The first-order valence-electron chi connectivity index (χ1n) is 9.54. The molecule has 4 nitrogen and oxygen atoms in total. The molecule has 0 aliphatic carbocycles. The number of hydrogen-bond donors (Lipinski definition) is 0.